The topological polar surface area (TPSA) is 12.0 Å². The average Bonchev–Trinajstić information content (AvgIpc) is 2.34. The van der Waals surface area contributed by atoms with Crippen molar-refractivity contribution in [1.29, 1.82) is 0 Å². The van der Waals surface area contributed by atoms with Gasteiger partial charge < -0.3 is 5.32 Å². The molecule has 0 amide bonds. The molecule has 0 fully saturated rings. The highest BCUT2D eigenvalue weighted by atomic mass is 19.1. The van der Waals surface area contributed by atoms with Crippen molar-refractivity contribution in [3.05, 3.63) is 66.9 Å². The Hall–Kier alpha value is -1.83. The SMILES string of the molecule is C=CN/C(=C\C=C/CCF)c1ccccc1. The lowest BCUT2D eigenvalue weighted by Crippen LogP contribution is -2.02. The van der Waals surface area contributed by atoms with Crippen LogP contribution in [0.2, 0.25) is 0 Å². The highest BCUT2D eigenvalue weighted by Crippen LogP contribution is 2.10. The van der Waals surface area contributed by atoms with Crippen molar-refractivity contribution >= 4 is 5.70 Å². The van der Waals surface area contributed by atoms with E-state index in [2.05, 4.69) is 11.9 Å². The molecule has 0 aliphatic rings. The van der Waals surface area contributed by atoms with E-state index >= 15 is 0 Å². The highest BCUT2D eigenvalue weighted by molar-refractivity contribution is 5.65. The van der Waals surface area contributed by atoms with Gasteiger partial charge in [-0.3, -0.25) is 4.39 Å². The lowest BCUT2D eigenvalue weighted by atomic mass is 10.1. The molecule has 0 saturated carbocycles. The first-order valence-electron chi connectivity index (χ1n) is 5.24. The van der Waals surface area contributed by atoms with E-state index < -0.39 is 0 Å². The lowest BCUT2D eigenvalue weighted by molar-refractivity contribution is 0.501. The van der Waals surface area contributed by atoms with Gasteiger partial charge in [0.2, 0.25) is 0 Å². The predicted octanol–water partition coefficient (Wildman–Crippen LogP) is 3.68. The number of hydrogen-bond acceptors (Lipinski definition) is 1. The van der Waals surface area contributed by atoms with Gasteiger partial charge in [-0.25, -0.2) is 0 Å². The minimum atomic E-state index is -0.320. The Labute approximate surface area is 96.0 Å². The van der Waals surface area contributed by atoms with Gasteiger partial charge in [-0.15, -0.1) is 0 Å². The van der Waals surface area contributed by atoms with E-state index in [4.69, 9.17) is 0 Å². The van der Waals surface area contributed by atoms with Gasteiger partial charge in [0.25, 0.3) is 0 Å². The molecule has 0 saturated heterocycles. The van der Waals surface area contributed by atoms with Crippen LogP contribution in [0.3, 0.4) is 0 Å². The van der Waals surface area contributed by atoms with Crippen LogP contribution in [0.25, 0.3) is 5.70 Å². The fourth-order valence-corrected chi connectivity index (χ4v) is 1.28. The number of benzene rings is 1. The van der Waals surface area contributed by atoms with Crippen molar-refractivity contribution in [3.63, 3.8) is 0 Å². The van der Waals surface area contributed by atoms with Gasteiger partial charge in [0.1, 0.15) is 0 Å². The number of rotatable bonds is 6. The molecule has 1 N–H and O–H groups in total. The molecule has 0 aromatic heterocycles. The first-order valence-corrected chi connectivity index (χ1v) is 5.24. The van der Waals surface area contributed by atoms with Crippen molar-refractivity contribution < 1.29 is 4.39 Å². The van der Waals surface area contributed by atoms with E-state index in [1.54, 1.807) is 12.3 Å². The normalized spacial score (nSPS) is 11.7. The lowest BCUT2D eigenvalue weighted by Gasteiger charge is -2.05. The zero-order valence-corrected chi connectivity index (χ0v) is 9.20. The van der Waals surface area contributed by atoms with Crippen LogP contribution in [0, 0.1) is 0 Å². The Balaban J connectivity index is 2.78. The molecule has 16 heavy (non-hydrogen) atoms. The Kier molecular flexibility index (Phi) is 5.71. The third-order valence-electron chi connectivity index (χ3n) is 2.02. The van der Waals surface area contributed by atoms with E-state index in [0.29, 0.717) is 6.42 Å². The van der Waals surface area contributed by atoms with Gasteiger partial charge in [-0.1, -0.05) is 49.1 Å². The van der Waals surface area contributed by atoms with Crippen LogP contribution in [0.5, 0.6) is 0 Å². The minimum Gasteiger partial charge on any atom is -0.362 e. The second-order valence-electron chi connectivity index (χ2n) is 3.20. The standard InChI is InChI=1S/C14H16FN/c1-2-16-14(11-7-4-8-12-15)13-9-5-3-6-10-13/h2-7,9-11,16H,1,8,12H2/b7-4-,14-11-. The van der Waals surface area contributed by atoms with Crippen LogP contribution in [0.15, 0.2) is 61.3 Å². The number of hydrogen-bond donors (Lipinski definition) is 1. The maximum Gasteiger partial charge on any atom is 0.0928 e. The van der Waals surface area contributed by atoms with Crippen molar-refractivity contribution in [2.45, 2.75) is 6.42 Å². The van der Waals surface area contributed by atoms with Gasteiger partial charge in [-0.2, -0.15) is 0 Å². The summed E-state index contributed by atoms with van der Waals surface area (Å²) in [5, 5.41) is 3.06. The molecule has 0 bridgehead atoms. The molecule has 1 nitrogen and oxygen atoms in total. The molecule has 0 heterocycles. The third kappa shape index (κ3) is 4.13. The molecule has 2 heteroatoms. The molecule has 1 rings (SSSR count). The van der Waals surface area contributed by atoms with Crippen molar-refractivity contribution in [2.75, 3.05) is 6.67 Å². The van der Waals surface area contributed by atoms with E-state index in [9.17, 15) is 4.39 Å². The first-order chi connectivity index (χ1) is 7.88. The second kappa shape index (κ2) is 7.46. The average molecular weight is 217 g/mol. The molecule has 0 unspecified atom stereocenters. The summed E-state index contributed by atoms with van der Waals surface area (Å²) < 4.78 is 11.9. The Morgan fingerprint density at radius 1 is 1.31 bits per heavy atom. The largest absolute Gasteiger partial charge is 0.362 e. The number of allylic oxidation sites excluding steroid dienone is 3. The molecule has 0 spiro atoms. The summed E-state index contributed by atoms with van der Waals surface area (Å²) in [6.07, 6.45) is 7.63. The summed E-state index contributed by atoms with van der Waals surface area (Å²) in [7, 11) is 0. The zero-order valence-electron chi connectivity index (χ0n) is 9.20. The van der Waals surface area contributed by atoms with Crippen molar-refractivity contribution in [3.8, 4) is 0 Å². The minimum absolute atomic E-state index is 0.320. The van der Waals surface area contributed by atoms with Gasteiger partial charge in [-0.05, 0) is 24.3 Å². The van der Waals surface area contributed by atoms with Crippen LogP contribution in [-0.4, -0.2) is 6.67 Å². The summed E-state index contributed by atoms with van der Waals surface area (Å²) in [5.41, 5.74) is 2.03. The summed E-state index contributed by atoms with van der Waals surface area (Å²) in [5.74, 6) is 0. The van der Waals surface area contributed by atoms with Gasteiger partial charge >= 0.3 is 0 Å². The van der Waals surface area contributed by atoms with Crippen LogP contribution >= 0.6 is 0 Å². The summed E-state index contributed by atoms with van der Waals surface area (Å²) in [4.78, 5) is 0. The second-order valence-corrected chi connectivity index (χ2v) is 3.20. The molecule has 1 aromatic carbocycles. The van der Waals surface area contributed by atoms with Gasteiger partial charge in [0, 0.05) is 5.70 Å². The third-order valence-corrected chi connectivity index (χ3v) is 2.02. The summed E-state index contributed by atoms with van der Waals surface area (Å²) >= 11 is 0. The van der Waals surface area contributed by atoms with E-state index in [0.717, 1.165) is 11.3 Å². The Bertz CT molecular complexity index is 366. The molecular weight excluding hydrogens is 201 g/mol. The summed E-state index contributed by atoms with van der Waals surface area (Å²) in [6.45, 7) is 3.31. The quantitative estimate of drug-likeness (QED) is 0.717. The fourth-order valence-electron chi connectivity index (χ4n) is 1.28. The van der Waals surface area contributed by atoms with Gasteiger partial charge in [0.15, 0.2) is 0 Å². The van der Waals surface area contributed by atoms with E-state index in [1.807, 2.05) is 42.5 Å². The van der Waals surface area contributed by atoms with Crippen molar-refractivity contribution in [2.24, 2.45) is 0 Å². The number of nitrogens with one attached hydrogen (secondary N) is 1. The molecule has 0 aliphatic carbocycles. The van der Waals surface area contributed by atoms with E-state index in [-0.39, 0.29) is 6.67 Å². The molecular formula is C14H16FN. The monoisotopic (exact) mass is 217 g/mol. The van der Waals surface area contributed by atoms with Crippen LogP contribution in [0.4, 0.5) is 4.39 Å². The Morgan fingerprint density at radius 2 is 2.06 bits per heavy atom. The maximum atomic E-state index is 11.9. The molecule has 1 aromatic rings. The van der Waals surface area contributed by atoms with Crippen LogP contribution < -0.4 is 5.32 Å². The predicted molar refractivity (Wildman–Crippen MR) is 67.5 cm³/mol. The number of halogens is 1. The van der Waals surface area contributed by atoms with Crippen LogP contribution in [-0.2, 0) is 0 Å². The summed E-state index contributed by atoms with van der Waals surface area (Å²) in [6, 6.07) is 9.92. The van der Waals surface area contributed by atoms with Crippen molar-refractivity contribution in [1.82, 2.24) is 5.32 Å². The molecule has 0 radical (unpaired) electrons. The highest BCUT2D eigenvalue weighted by Gasteiger charge is 1.95. The fraction of sp³-hybridized carbons (Fsp3) is 0.143. The molecule has 0 aliphatic heterocycles. The number of alkyl halides is 1. The zero-order chi connectivity index (χ0) is 11.6. The first kappa shape index (κ1) is 12.2. The van der Waals surface area contributed by atoms with Crippen LogP contribution in [0.1, 0.15) is 12.0 Å². The Morgan fingerprint density at radius 3 is 2.69 bits per heavy atom. The smallest absolute Gasteiger partial charge is 0.0928 e. The molecule has 0 atom stereocenters. The maximum absolute atomic E-state index is 11.9. The van der Waals surface area contributed by atoms with E-state index in [1.165, 1.54) is 0 Å². The van der Waals surface area contributed by atoms with Gasteiger partial charge in [0.05, 0.1) is 6.67 Å². The molecule has 84 valence electrons.